The highest BCUT2D eigenvalue weighted by Crippen LogP contribution is 2.18. The van der Waals surface area contributed by atoms with Crippen LogP contribution >= 0.6 is 11.6 Å². The maximum atomic E-state index is 10.7. The lowest BCUT2D eigenvalue weighted by Gasteiger charge is -1.95. The van der Waals surface area contributed by atoms with Gasteiger partial charge in [-0.05, 0) is 0 Å². The zero-order valence-electron chi connectivity index (χ0n) is 7.74. The Bertz CT molecular complexity index is 368. The van der Waals surface area contributed by atoms with Crippen LogP contribution in [0.25, 0.3) is 0 Å². The fourth-order valence-corrected chi connectivity index (χ4v) is 1.41. The number of carbonyl (C=O) groups is 1. The predicted octanol–water partition coefficient (Wildman–Crippen LogP) is 2.26. The van der Waals surface area contributed by atoms with Crippen molar-refractivity contribution in [3.05, 3.63) is 41.7 Å². The number of aldehydes is 1. The Hall–Kier alpha value is -1.35. The lowest BCUT2D eigenvalue weighted by atomic mass is 10.2. The summed E-state index contributed by atoms with van der Waals surface area (Å²) in [4.78, 5) is 10.7. The van der Waals surface area contributed by atoms with Gasteiger partial charge in [-0.2, -0.15) is 5.10 Å². The van der Waals surface area contributed by atoms with Gasteiger partial charge in [-0.3, -0.25) is 4.79 Å². The Morgan fingerprint density at radius 1 is 1.43 bits per heavy atom. The fourth-order valence-electron chi connectivity index (χ4n) is 1.15. The molecule has 14 heavy (non-hydrogen) atoms. The Labute approximate surface area is 87.7 Å². The minimum atomic E-state index is 0.358. The van der Waals surface area contributed by atoms with Crippen molar-refractivity contribution in [3.8, 4) is 0 Å². The summed E-state index contributed by atoms with van der Waals surface area (Å²) in [5.41, 5.74) is 1.09. The van der Waals surface area contributed by atoms with E-state index in [4.69, 9.17) is 11.6 Å². The molecule has 0 bridgehead atoms. The summed E-state index contributed by atoms with van der Waals surface area (Å²) in [7, 11) is 0. The van der Waals surface area contributed by atoms with Crippen molar-refractivity contribution in [2.45, 2.75) is 13.0 Å². The summed E-state index contributed by atoms with van der Waals surface area (Å²) in [5.74, 6) is 0. The SMILES string of the molecule is C=CCc1nn(CC=C)c(Cl)c1C=O. The molecule has 1 aromatic rings. The number of carbonyl (C=O) groups excluding carboxylic acids is 1. The van der Waals surface area contributed by atoms with Crippen LogP contribution in [0.2, 0.25) is 5.15 Å². The lowest BCUT2D eigenvalue weighted by Crippen LogP contribution is -1.97. The Kier molecular flexibility index (Phi) is 3.65. The summed E-state index contributed by atoms with van der Waals surface area (Å²) >= 11 is 5.93. The molecule has 0 aliphatic rings. The third-order valence-electron chi connectivity index (χ3n) is 1.76. The first kappa shape index (κ1) is 10.7. The molecule has 1 heterocycles. The third kappa shape index (κ3) is 1.93. The minimum absolute atomic E-state index is 0.358. The van der Waals surface area contributed by atoms with Gasteiger partial charge in [0.25, 0.3) is 0 Å². The van der Waals surface area contributed by atoms with Gasteiger partial charge in [-0.25, -0.2) is 4.68 Å². The molecule has 0 radical (unpaired) electrons. The first-order valence-electron chi connectivity index (χ1n) is 4.16. The van der Waals surface area contributed by atoms with Gasteiger partial charge in [0.15, 0.2) is 6.29 Å². The van der Waals surface area contributed by atoms with Gasteiger partial charge in [-0.1, -0.05) is 23.8 Å². The highest BCUT2D eigenvalue weighted by atomic mass is 35.5. The molecule has 4 heteroatoms. The standard InChI is InChI=1S/C10H11ClN2O/c1-3-5-9-8(7-14)10(11)13(12-9)6-4-2/h3-4,7H,1-2,5-6H2. The number of aromatic nitrogens is 2. The van der Waals surface area contributed by atoms with Crippen LogP contribution in [0.3, 0.4) is 0 Å². The van der Waals surface area contributed by atoms with E-state index in [9.17, 15) is 4.79 Å². The lowest BCUT2D eigenvalue weighted by molar-refractivity contribution is 0.112. The number of allylic oxidation sites excluding steroid dienone is 2. The molecule has 0 amide bonds. The van der Waals surface area contributed by atoms with Gasteiger partial charge in [-0.15, -0.1) is 13.2 Å². The molecule has 0 saturated heterocycles. The van der Waals surface area contributed by atoms with Crippen molar-refractivity contribution >= 4 is 17.9 Å². The van der Waals surface area contributed by atoms with Crippen molar-refractivity contribution in [2.24, 2.45) is 0 Å². The van der Waals surface area contributed by atoms with Gasteiger partial charge >= 0.3 is 0 Å². The van der Waals surface area contributed by atoms with Crippen LogP contribution in [-0.2, 0) is 13.0 Å². The maximum Gasteiger partial charge on any atom is 0.155 e. The number of nitrogens with zero attached hydrogens (tertiary/aromatic N) is 2. The zero-order valence-corrected chi connectivity index (χ0v) is 8.50. The minimum Gasteiger partial charge on any atom is -0.298 e. The smallest absolute Gasteiger partial charge is 0.155 e. The molecule has 1 aromatic heterocycles. The monoisotopic (exact) mass is 210 g/mol. The van der Waals surface area contributed by atoms with E-state index in [0.717, 1.165) is 0 Å². The normalized spacial score (nSPS) is 9.79. The molecule has 0 aliphatic heterocycles. The highest BCUT2D eigenvalue weighted by molar-refractivity contribution is 6.32. The van der Waals surface area contributed by atoms with E-state index in [1.54, 1.807) is 12.2 Å². The second kappa shape index (κ2) is 4.77. The molecule has 0 fully saturated rings. The molecule has 0 unspecified atom stereocenters. The molecule has 0 aromatic carbocycles. The zero-order chi connectivity index (χ0) is 10.6. The molecule has 0 aliphatic carbocycles. The van der Waals surface area contributed by atoms with Crippen LogP contribution in [0.5, 0.6) is 0 Å². The number of hydrogen-bond acceptors (Lipinski definition) is 2. The molecule has 1 rings (SSSR count). The summed E-state index contributed by atoms with van der Waals surface area (Å²) in [6, 6.07) is 0. The van der Waals surface area contributed by atoms with E-state index in [1.165, 1.54) is 4.68 Å². The van der Waals surface area contributed by atoms with Crippen LogP contribution in [-0.4, -0.2) is 16.1 Å². The van der Waals surface area contributed by atoms with Crippen LogP contribution in [0, 0.1) is 0 Å². The second-order valence-corrected chi connectivity index (χ2v) is 3.09. The molecule has 0 N–H and O–H groups in total. The van der Waals surface area contributed by atoms with Crippen molar-refractivity contribution < 1.29 is 4.79 Å². The second-order valence-electron chi connectivity index (χ2n) is 2.73. The summed E-state index contributed by atoms with van der Waals surface area (Å²) in [6.07, 6.45) is 4.61. The van der Waals surface area contributed by atoms with Crippen molar-refractivity contribution in [1.29, 1.82) is 0 Å². The molecule has 0 atom stereocenters. The Balaban J connectivity index is 3.15. The Morgan fingerprint density at radius 2 is 2.14 bits per heavy atom. The maximum absolute atomic E-state index is 10.7. The Morgan fingerprint density at radius 3 is 2.64 bits per heavy atom. The molecular weight excluding hydrogens is 200 g/mol. The van der Waals surface area contributed by atoms with Crippen molar-refractivity contribution in [3.63, 3.8) is 0 Å². The van der Waals surface area contributed by atoms with E-state index in [-0.39, 0.29) is 0 Å². The predicted molar refractivity (Wildman–Crippen MR) is 56.7 cm³/mol. The van der Waals surface area contributed by atoms with Gasteiger partial charge in [0, 0.05) is 6.42 Å². The van der Waals surface area contributed by atoms with Gasteiger partial charge in [0.1, 0.15) is 5.15 Å². The fraction of sp³-hybridized carbons (Fsp3) is 0.200. The van der Waals surface area contributed by atoms with Crippen LogP contribution in [0.1, 0.15) is 16.1 Å². The number of halogens is 1. The van der Waals surface area contributed by atoms with Crippen LogP contribution in [0.15, 0.2) is 25.3 Å². The summed E-state index contributed by atoms with van der Waals surface area (Å²) in [5, 5.41) is 4.53. The first-order valence-corrected chi connectivity index (χ1v) is 4.54. The highest BCUT2D eigenvalue weighted by Gasteiger charge is 2.13. The van der Waals surface area contributed by atoms with Gasteiger partial charge in [0.2, 0.25) is 0 Å². The van der Waals surface area contributed by atoms with Crippen LogP contribution in [0.4, 0.5) is 0 Å². The van der Waals surface area contributed by atoms with Crippen LogP contribution < -0.4 is 0 Å². The largest absolute Gasteiger partial charge is 0.298 e. The van der Waals surface area contributed by atoms with Gasteiger partial charge < -0.3 is 0 Å². The van der Waals surface area contributed by atoms with E-state index in [0.29, 0.717) is 35.7 Å². The van der Waals surface area contributed by atoms with E-state index >= 15 is 0 Å². The average Bonchev–Trinajstić information content (AvgIpc) is 2.45. The average molecular weight is 211 g/mol. The molecular formula is C10H11ClN2O. The van der Waals surface area contributed by atoms with Gasteiger partial charge in [0.05, 0.1) is 17.8 Å². The first-order chi connectivity index (χ1) is 6.74. The quantitative estimate of drug-likeness (QED) is 0.552. The van der Waals surface area contributed by atoms with Crippen molar-refractivity contribution in [1.82, 2.24) is 9.78 Å². The van der Waals surface area contributed by atoms with E-state index < -0.39 is 0 Å². The number of hydrogen-bond donors (Lipinski definition) is 0. The molecule has 74 valence electrons. The molecule has 3 nitrogen and oxygen atoms in total. The number of rotatable bonds is 5. The molecule has 0 spiro atoms. The molecule has 0 saturated carbocycles. The summed E-state index contributed by atoms with van der Waals surface area (Å²) in [6.45, 7) is 7.66. The van der Waals surface area contributed by atoms with E-state index in [2.05, 4.69) is 18.3 Å². The van der Waals surface area contributed by atoms with Crippen molar-refractivity contribution in [2.75, 3.05) is 0 Å². The van der Waals surface area contributed by atoms with E-state index in [1.807, 2.05) is 0 Å². The summed E-state index contributed by atoms with van der Waals surface area (Å²) < 4.78 is 1.54. The topological polar surface area (TPSA) is 34.9 Å². The third-order valence-corrected chi connectivity index (χ3v) is 2.16.